The van der Waals surface area contributed by atoms with Gasteiger partial charge in [0.2, 0.25) is 5.91 Å². The van der Waals surface area contributed by atoms with Crippen molar-refractivity contribution in [2.24, 2.45) is 5.73 Å². The van der Waals surface area contributed by atoms with E-state index in [1.165, 1.54) is 0 Å². The van der Waals surface area contributed by atoms with Crippen molar-refractivity contribution >= 4 is 23.1 Å². The smallest absolute Gasteiger partial charge is 0.248 e. The molecule has 0 spiro atoms. The third-order valence-corrected chi connectivity index (χ3v) is 3.63. The number of primary amides is 1. The van der Waals surface area contributed by atoms with E-state index in [9.17, 15) is 4.79 Å². The Balaban J connectivity index is 1.76. The Kier molecular flexibility index (Phi) is 3.20. The highest BCUT2D eigenvalue weighted by Gasteiger charge is 2.11. The predicted molar refractivity (Wildman–Crippen MR) is 88.8 cm³/mol. The number of hydrogen-bond donors (Lipinski definition) is 3. The Morgan fingerprint density at radius 3 is 2.96 bits per heavy atom. The van der Waals surface area contributed by atoms with E-state index in [-0.39, 0.29) is 0 Å². The topological polar surface area (TPSA) is 114 Å². The lowest BCUT2D eigenvalue weighted by Gasteiger charge is -2.10. The first-order valence-electron chi connectivity index (χ1n) is 7.20. The van der Waals surface area contributed by atoms with Crippen molar-refractivity contribution in [3.05, 3.63) is 60.8 Å². The van der Waals surface area contributed by atoms with Gasteiger partial charge in [-0.05, 0) is 18.2 Å². The van der Waals surface area contributed by atoms with E-state index in [1.54, 1.807) is 43.0 Å². The molecule has 1 amide bonds. The number of amides is 1. The van der Waals surface area contributed by atoms with Crippen molar-refractivity contribution < 1.29 is 4.79 Å². The van der Waals surface area contributed by atoms with Gasteiger partial charge in [0.05, 0.1) is 18.1 Å². The standard InChI is InChI=1S/C16H13N7O/c17-14(24)10-2-1-3-12(6-10)22-15-16-18-4-5-23(16)13(9-19-15)11-7-20-21-8-11/h1-9H,(H2,17,24)(H,19,22)(H,20,21). The third-order valence-electron chi connectivity index (χ3n) is 3.63. The number of rotatable bonds is 4. The maximum Gasteiger partial charge on any atom is 0.248 e. The summed E-state index contributed by atoms with van der Waals surface area (Å²) in [5.41, 5.74) is 8.89. The van der Waals surface area contributed by atoms with Gasteiger partial charge >= 0.3 is 0 Å². The Morgan fingerprint density at radius 2 is 2.17 bits per heavy atom. The summed E-state index contributed by atoms with van der Waals surface area (Å²) in [6.45, 7) is 0. The second kappa shape index (κ2) is 5.51. The molecular weight excluding hydrogens is 306 g/mol. The fourth-order valence-corrected chi connectivity index (χ4v) is 2.50. The summed E-state index contributed by atoms with van der Waals surface area (Å²) in [5.74, 6) is 0.0988. The molecule has 24 heavy (non-hydrogen) atoms. The summed E-state index contributed by atoms with van der Waals surface area (Å²) in [6.07, 6.45) is 8.80. The fraction of sp³-hybridized carbons (Fsp3) is 0. The van der Waals surface area contributed by atoms with Gasteiger partial charge in [-0.15, -0.1) is 0 Å². The number of benzene rings is 1. The lowest BCUT2D eigenvalue weighted by Crippen LogP contribution is -2.11. The van der Waals surface area contributed by atoms with Gasteiger partial charge < -0.3 is 11.1 Å². The molecule has 0 unspecified atom stereocenters. The first-order valence-corrected chi connectivity index (χ1v) is 7.20. The van der Waals surface area contributed by atoms with Gasteiger partial charge in [-0.3, -0.25) is 14.3 Å². The van der Waals surface area contributed by atoms with E-state index in [0.717, 1.165) is 11.3 Å². The van der Waals surface area contributed by atoms with Crippen LogP contribution in [0.5, 0.6) is 0 Å². The largest absolute Gasteiger partial charge is 0.366 e. The molecule has 0 atom stereocenters. The van der Waals surface area contributed by atoms with Crippen molar-refractivity contribution in [2.75, 3.05) is 5.32 Å². The summed E-state index contributed by atoms with van der Waals surface area (Å²) in [7, 11) is 0. The van der Waals surface area contributed by atoms with E-state index in [0.29, 0.717) is 22.7 Å². The Hall–Kier alpha value is -3.68. The number of aromatic amines is 1. The highest BCUT2D eigenvalue weighted by atomic mass is 16.1. The molecule has 4 aromatic rings. The summed E-state index contributed by atoms with van der Waals surface area (Å²) < 4.78 is 1.91. The lowest BCUT2D eigenvalue weighted by molar-refractivity contribution is 0.100. The Labute approximate surface area is 136 Å². The fourth-order valence-electron chi connectivity index (χ4n) is 2.50. The number of H-pyrrole nitrogens is 1. The van der Waals surface area contributed by atoms with Gasteiger partial charge in [0.25, 0.3) is 0 Å². The van der Waals surface area contributed by atoms with Gasteiger partial charge in [-0.1, -0.05) is 6.07 Å². The van der Waals surface area contributed by atoms with E-state index >= 15 is 0 Å². The average molecular weight is 319 g/mol. The van der Waals surface area contributed by atoms with Crippen molar-refractivity contribution in [3.8, 4) is 11.3 Å². The van der Waals surface area contributed by atoms with Crippen LogP contribution in [0.2, 0.25) is 0 Å². The molecule has 8 heteroatoms. The average Bonchev–Trinajstić information content (AvgIpc) is 3.27. The van der Waals surface area contributed by atoms with Crippen LogP contribution in [0.25, 0.3) is 16.9 Å². The number of nitrogens with zero attached hydrogens (tertiary/aromatic N) is 4. The molecule has 4 N–H and O–H groups in total. The molecule has 4 rings (SSSR count). The lowest BCUT2D eigenvalue weighted by atomic mass is 10.2. The number of fused-ring (bicyclic) bond motifs is 1. The zero-order valence-electron chi connectivity index (χ0n) is 12.5. The molecule has 0 radical (unpaired) electrons. The first-order chi connectivity index (χ1) is 11.7. The van der Waals surface area contributed by atoms with Crippen LogP contribution in [0.15, 0.2) is 55.2 Å². The van der Waals surface area contributed by atoms with Crippen LogP contribution in [0.3, 0.4) is 0 Å². The first kappa shape index (κ1) is 13.9. The van der Waals surface area contributed by atoms with Crippen LogP contribution in [0.4, 0.5) is 11.5 Å². The van der Waals surface area contributed by atoms with Crippen LogP contribution in [-0.2, 0) is 0 Å². The summed E-state index contributed by atoms with van der Waals surface area (Å²) in [6, 6.07) is 6.92. The van der Waals surface area contributed by atoms with Crippen LogP contribution < -0.4 is 11.1 Å². The molecule has 0 aliphatic rings. The highest BCUT2D eigenvalue weighted by Crippen LogP contribution is 2.24. The number of imidazole rings is 1. The number of anilines is 2. The van der Waals surface area contributed by atoms with Gasteiger partial charge in [-0.25, -0.2) is 9.97 Å². The van der Waals surface area contributed by atoms with E-state index in [1.807, 2.05) is 16.7 Å². The van der Waals surface area contributed by atoms with Gasteiger partial charge in [-0.2, -0.15) is 5.10 Å². The number of carbonyl (C=O) groups is 1. The van der Waals surface area contributed by atoms with Gasteiger partial charge in [0.1, 0.15) is 0 Å². The van der Waals surface area contributed by atoms with E-state index in [4.69, 9.17) is 5.73 Å². The number of nitrogens with one attached hydrogen (secondary N) is 2. The van der Waals surface area contributed by atoms with Crippen molar-refractivity contribution in [1.29, 1.82) is 0 Å². The van der Waals surface area contributed by atoms with Crippen LogP contribution in [0.1, 0.15) is 10.4 Å². The molecule has 0 bridgehead atoms. The van der Waals surface area contributed by atoms with Crippen LogP contribution in [0, 0.1) is 0 Å². The second-order valence-electron chi connectivity index (χ2n) is 5.17. The number of carbonyl (C=O) groups excluding carboxylic acids is 1. The predicted octanol–water partition coefficient (Wildman–Crippen LogP) is 1.96. The Morgan fingerprint density at radius 1 is 1.25 bits per heavy atom. The summed E-state index contributed by atoms with van der Waals surface area (Å²) in [4.78, 5) is 20.1. The maximum atomic E-state index is 11.3. The minimum atomic E-state index is -0.479. The molecule has 0 aliphatic carbocycles. The second-order valence-corrected chi connectivity index (χ2v) is 5.17. The molecule has 0 aliphatic heterocycles. The third kappa shape index (κ3) is 2.35. The van der Waals surface area contributed by atoms with Crippen LogP contribution in [-0.4, -0.2) is 30.5 Å². The van der Waals surface area contributed by atoms with Crippen LogP contribution >= 0.6 is 0 Å². The molecule has 118 valence electrons. The number of hydrogen-bond acceptors (Lipinski definition) is 5. The van der Waals surface area contributed by atoms with Crippen molar-refractivity contribution in [2.45, 2.75) is 0 Å². The Bertz CT molecular complexity index is 1020. The van der Waals surface area contributed by atoms with Crippen molar-refractivity contribution in [3.63, 3.8) is 0 Å². The quantitative estimate of drug-likeness (QED) is 0.532. The normalized spacial score (nSPS) is 10.8. The zero-order chi connectivity index (χ0) is 16.5. The number of aromatic nitrogens is 5. The molecule has 3 aromatic heterocycles. The zero-order valence-corrected chi connectivity index (χ0v) is 12.5. The molecule has 3 heterocycles. The molecule has 8 nitrogen and oxygen atoms in total. The van der Waals surface area contributed by atoms with E-state index < -0.39 is 5.91 Å². The van der Waals surface area contributed by atoms with Gasteiger partial charge in [0.15, 0.2) is 11.5 Å². The molecule has 0 fully saturated rings. The minimum Gasteiger partial charge on any atom is -0.366 e. The SMILES string of the molecule is NC(=O)c1cccc(Nc2ncc(-c3cn[nH]c3)n3ccnc23)c1. The minimum absolute atomic E-state index is 0.425. The number of nitrogens with two attached hydrogens (primary N) is 1. The van der Waals surface area contributed by atoms with Gasteiger partial charge in [0, 0.05) is 35.4 Å². The monoisotopic (exact) mass is 319 g/mol. The molecule has 0 saturated heterocycles. The van der Waals surface area contributed by atoms with Crippen molar-refractivity contribution in [1.82, 2.24) is 24.6 Å². The van der Waals surface area contributed by atoms with E-state index in [2.05, 4.69) is 25.5 Å². The maximum absolute atomic E-state index is 11.3. The molecule has 0 saturated carbocycles. The summed E-state index contributed by atoms with van der Waals surface area (Å²) >= 11 is 0. The molecular formula is C16H13N7O. The summed E-state index contributed by atoms with van der Waals surface area (Å²) in [5, 5.41) is 9.92. The highest BCUT2D eigenvalue weighted by molar-refractivity contribution is 5.94. The molecule has 1 aromatic carbocycles.